The van der Waals surface area contributed by atoms with Crippen LogP contribution in [0.5, 0.6) is 0 Å². The molecule has 0 bridgehead atoms. The van der Waals surface area contributed by atoms with E-state index in [1.807, 2.05) is 30.8 Å². The van der Waals surface area contributed by atoms with Crippen molar-refractivity contribution in [2.24, 2.45) is 7.05 Å². The Labute approximate surface area is 178 Å². The van der Waals surface area contributed by atoms with Gasteiger partial charge in [0.25, 0.3) is 5.91 Å². The standard InChI is InChI=1S/C23H22FN5O2/c1-12-9-16(28-23(31)20(30)14-5-4-6-15(24)10-14)7-8-17(12)18-11-29(3)22-19(18)21(25)26-13(2)27-22/h4-11,20,30H,1-3H3,(H,28,31)(H2,25,26,27). The van der Waals surface area contributed by atoms with Crippen LogP contribution >= 0.6 is 0 Å². The molecule has 1 amide bonds. The van der Waals surface area contributed by atoms with Crippen molar-refractivity contribution in [1.82, 2.24) is 14.5 Å². The number of nitrogens with one attached hydrogen (secondary N) is 1. The largest absolute Gasteiger partial charge is 0.383 e. The summed E-state index contributed by atoms with van der Waals surface area (Å²) in [5.41, 5.74) is 10.3. The van der Waals surface area contributed by atoms with E-state index in [2.05, 4.69) is 15.3 Å². The van der Waals surface area contributed by atoms with Gasteiger partial charge in [-0.2, -0.15) is 0 Å². The van der Waals surface area contributed by atoms with Crippen LogP contribution in [0.3, 0.4) is 0 Å². The minimum absolute atomic E-state index is 0.187. The molecular formula is C23H22FN5O2. The molecule has 2 aromatic heterocycles. The number of nitrogen functional groups attached to an aromatic ring is 1. The summed E-state index contributed by atoms with van der Waals surface area (Å²) in [4.78, 5) is 21.2. The zero-order chi connectivity index (χ0) is 22.3. The molecule has 1 unspecified atom stereocenters. The lowest BCUT2D eigenvalue weighted by atomic mass is 10.00. The predicted molar refractivity (Wildman–Crippen MR) is 118 cm³/mol. The number of benzene rings is 2. The molecule has 0 fully saturated rings. The van der Waals surface area contributed by atoms with E-state index >= 15 is 0 Å². The summed E-state index contributed by atoms with van der Waals surface area (Å²) in [7, 11) is 1.90. The Morgan fingerprint density at radius 3 is 2.65 bits per heavy atom. The number of rotatable bonds is 4. The highest BCUT2D eigenvalue weighted by molar-refractivity contribution is 6.02. The lowest BCUT2D eigenvalue weighted by Crippen LogP contribution is -2.21. The third-order valence-corrected chi connectivity index (χ3v) is 5.15. The van der Waals surface area contributed by atoms with Gasteiger partial charge >= 0.3 is 0 Å². The Hall–Kier alpha value is -3.78. The second-order valence-electron chi connectivity index (χ2n) is 7.48. The first-order chi connectivity index (χ1) is 14.7. The second-order valence-corrected chi connectivity index (χ2v) is 7.48. The van der Waals surface area contributed by atoms with Crippen LogP contribution in [0.25, 0.3) is 22.2 Å². The minimum Gasteiger partial charge on any atom is -0.383 e. The normalized spacial score (nSPS) is 12.2. The Morgan fingerprint density at radius 1 is 1.16 bits per heavy atom. The molecule has 0 radical (unpaired) electrons. The molecule has 4 N–H and O–H groups in total. The summed E-state index contributed by atoms with van der Waals surface area (Å²) < 4.78 is 15.3. The van der Waals surface area contributed by atoms with Crippen LogP contribution in [0.4, 0.5) is 15.9 Å². The van der Waals surface area contributed by atoms with E-state index in [0.717, 1.165) is 33.8 Å². The molecule has 7 nitrogen and oxygen atoms in total. The molecule has 4 aromatic rings. The molecule has 0 spiro atoms. The summed E-state index contributed by atoms with van der Waals surface area (Å²) in [6.45, 7) is 3.71. The lowest BCUT2D eigenvalue weighted by Gasteiger charge is -2.13. The highest BCUT2D eigenvalue weighted by Gasteiger charge is 2.19. The molecule has 158 valence electrons. The molecule has 31 heavy (non-hydrogen) atoms. The van der Waals surface area contributed by atoms with Gasteiger partial charge in [-0.15, -0.1) is 0 Å². The molecule has 0 aliphatic heterocycles. The zero-order valence-corrected chi connectivity index (χ0v) is 17.3. The van der Waals surface area contributed by atoms with Crippen LogP contribution < -0.4 is 11.1 Å². The number of anilines is 2. The van der Waals surface area contributed by atoms with E-state index < -0.39 is 17.8 Å². The predicted octanol–water partition coefficient (Wildman–Crippen LogP) is 3.65. The topological polar surface area (TPSA) is 106 Å². The average Bonchev–Trinajstić information content (AvgIpc) is 3.04. The van der Waals surface area contributed by atoms with Gasteiger partial charge in [-0.1, -0.05) is 18.2 Å². The van der Waals surface area contributed by atoms with E-state index in [9.17, 15) is 14.3 Å². The van der Waals surface area contributed by atoms with Crippen molar-refractivity contribution >= 4 is 28.4 Å². The number of aryl methyl sites for hydroxylation is 3. The SMILES string of the molecule is Cc1nc(N)c2c(-c3ccc(NC(=O)C(O)c4cccc(F)c4)cc3C)cn(C)c2n1. The smallest absolute Gasteiger partial charge is 0.257 e. The first-order valence-electron chi connectivity index (χ1n) is 9.69. The highest BCUT2D eigenvalue weighted by Crippen LogP contribution is 2.35. The quantitative estimate of drug-likeness (QED) is 0.468. The van der Waals surface area contributed by atoms with Crippen molar-refractivity contribution in [2.75, 3.05) is 11.1 Å². The number of aromatic nitrogens is 3. The maximum absolute atomic E-state index is 13.4. The number of carbonyl (C=O) groups is 1. The molecule has 4 rings (SSSR count). The van der Waals surface area contributed by atoms with Crippen LogP contribution in [0, 0.1) is 19.7 Å². The number of fused-ring (bicyclic) bond motifs is 1. The Morgan fingerprint density at radius 2 is 1.94 bits per heavy atom. The van der Waals surface area contributed by atoms with E-state index in [-0.39, 0.29) is 5.56 Å². The van der Waals surface area contributed by atoms with Crippen molar-refractivity contribution in [3.05, 3.63) is 71.4 Å². The van der Waals surface area contributed by atoms with Gasteiger partial charge in [-0.05, 0) is 54.8 Å². The van der Waals surface area contributed by atoms with Crippen molar-refractivity contribution < 1.29 is 14.3 Å². The monoisotopic (exact) mass is 419 g/mol. The van der Waals surface area contributed by atoms with Gasteiger partial charge in [0.2, 0.25) is 0 Å². The third kappa shape index (κ3) is 3.85. The van der Waals surface area contributed by atoms with Crippen molar-refractivity contribution in [2.45, 2.75) is 20.0 Å². The molecule has 8 heteroatoms. The number of nitrogens with zero attached hydrogens (tertiary/aromatic N) is 3. The molecule has 0 saturated heterocycles. The summed E-state index contributed by atoms with van der Waals surface area (Å²) >= 11 is 0. The molecule has 2 heterocycles. The number of aliphatic hydroxyl groups excluding tert-OH is 1. The number of halogens is 1. The van der Waals surface area contributed by atoms with Crippen LogP contribution in [-0.2, 0) is 11.8 Å². The van der Waals surface area contributed by atoms with Gasteiger partial charge < -0.3 is 20.7 Å². The minimum atomic E-state index is -1.48. The van der Waals surface area contributed by atoms with Gasteiger partial charge in [0.15, 0.2) is 6.10 Å². The van der Waals surface area contributed by atoms with Crippen molar-refractivity contribution in [3.8, 4) is 11.1 Å². The Bertz CT molecular complexity index is 1320. The lowest BCUT2D eigenvalue weighted by molar-refractivity contribution is -0.124. The fourth-order valence-corrected chi connectivity index (χ4v) is 3.70. The molecule has 2 aromatic carbocycles. The number of aliphatic hydroxyl groups is 1. The molecule has 0 aliphatic rings. The number of hydrogen-bond donors (Lipinski definition) is 3. The number of nitrogens with two attached hydrogens (primary N) is 1. The van der Waals surface area contributed by atoms with E-state index in [4.69, 9.17) is 5.73 Å². The number of hydrogen-bond acceptors (Lipinski definition) is 5. The van der Waals surface area contributed by atoms with Gasteiger partial charge in [-0.25, -0.2) is 14.4 Å². The van der Waals surface area contributed by atoms with Gasteiger partial charge in [0.05, 0.1) is 5.39 Å². The van der Waals surface area contributed by atoms with Gasteiger partial charge in [0.1, 0.15) is 23.1 Å². The van der Waals surface area contributed by atoms with E-state index in [1.165, 1.54) is 18.2 Å². The fourth-order valence-electron chi connectivity index (χ4n) is 3.70. The van der Waals surface area contributed by atoms with Crippen molar-refractivity contribution in [3.63, 3.8) is 0 Å². The first-order valence-corrected chi connectivity index (χ1v) is 9.69. The van der Waals surface area contributed by atoms with Crippen molar-refractivity contribution in [1.29, 1.82) is 0 Å². The Kier molecular flexibility index (Phi) is 5.16. The van der Waals surface area contributed by atoms with Crippen LogP contribution in [0.15, 0.2) is 48.7 Å². The van der Waals surface area contributed by atoms with Gasteiger partial charge in [-0.3, -0.25) is 4.79 Å². The molecule has 0 aliphatic carbocycles. The molecule has 0 saturated carbocycles. The summed E-state index contributed by atoms with van der Waals surface area (Å²) in [6, 6.07) is 10.7. The van der Waals surface area contributed by atoms with Gasteiger partial charge in [0, 0.05) is 24.5 Å². The highest BCUT2D eigenvalue weighted by atomic mass is 19.1. The maximum atomic E-state index is 13.4. The van der Waals surface area contributed by atoms with Crippen LogP contribution in [0.1, 0.15) is 23.1 Å². The molecular weight excluding hydrogens is 397 g/mol. The fraction of sp³-hybridized carbons (Fsp3) is 0.174. The van der Waals surface area contributed by atoms with Crippen LogP contribution in [-0.4, -0.2) is 25.5 Å². The second kappa shape index (κ2) is 7.81. The van der Waals surface area contributed by atoms with E-state index in [1.54, 1.807) is 19.1 Å². The van der Waals surface area contributed by atoms with E-state index in [0.29, 0.717) is 17.3 Å². The summed E-state index contributed by atoms with van der Waals surface area (Å²) in [6.07, 6.45) is 0.470. The third-order valence-electron chi connectivity index (χ3n) is 5.15. The number of amides is 1. The summed E-state index contributed by atoms with van der Waals surface area (Å²) in [5.74, 6) is -0.147. The molecule has 1 atom stereocenters. The van der Waals surface area contributed by atoms with Crippen LogP contribution in [0.2, 0.25) is 0 Å². The first kappa shape index (κ1) is 20.5. The number of carbonyl (C=O) groups excluding carboxylic acids is 1. The summed E-state index contributed by atoms with van der Waals surface area (Å²) in [5, 5.41) is 13.7. The zero-order valence-electron chi connectivity index (χ0n) is 17.3. The Balaban J connectivity index is 1.64. The average molecular weight is 419 g/mol. The maximum Gasteiger partial charge on any atom is 0.257 e.